The standard InChI is InChI=1S/C17H26N2O3/c20-12-5-1-4-10-18-16-9-3-2-8-15(16)17(22)19-11-6-7-14(21)13-19/h2-3,8-9,14,18,20-21H,1,4-7,10-13H2. The zero-order valence-electron chi connectivity index (χ0n) is 13.0. The van der Waals surface area contributed by atoms with E-state index in [1.54, 1.807) is 4.90 Å². The maximum absolute atomic E-state index is 12.6. The van der Waals surface area contributed by atoms with E-state index in [-0.39, 0.29) is 12.5 Å². The summed E-state index contributed by atoms with van der Waals surface area (Å²) in [6.45, 7) is 2.14. The van der Waals surface area contributed by atoms with Crippen LogP contribution in [0.1, 0.15) is 42.5 Å². The molecular weight excluding hydrogens is 280 g/mol. The highest BCUT2D eigenvalue weighted by atomic mass is 16.3. The fraction of sp³-hybridized carbons (Fsp3) is 0.588. The monoisotopic (exact) mass is 306 g/mol. The van der Waals surface area contributed by atoms with Crippen LogP contribution in [0.3, 0.4) is 0 Å². The van der Waals surface area contributed by atoms with E-state index in [1.165, 1.54) is 0 Å². The van der Waals surface area contributed by atoms with Crippen LogP contribution >= 0.6 is 0 Å². The van der Waals surface area contributed by atoms with Crippen LogP contribution in [-0.2, 0) is 0 Å². The first-order chi connectivity index (χ1) is 10.7. The summed E-state index contributed by atoms with van der Waals surface area (Å²) in [6.07, 6.45) is 3.96. The van der Waals surface area contributed by atoms with Gasteiger partial charge >= 0.3 is 0 Å². The molecular formula is C17H26N2O3. The highest BCUT2D eigenvalue weighted by molar-refractivity contribution is 5.99. The van der Waals surface area contributed by atoms with Gasteiger partial charge in [0.25, 0.3) is 5.91 Å². The number of unbranched alkanes of at least 4 members (excludes halogenated alkanes) is 2. The number of aliphatic hydroxyl groups excluding tert-OH is 2. The number of benzene rings is 1. The maximum atomic E-state index is 12.6. The van der Waals surface area contributed by atoms with Crippen molar-refractivity contribution in [3.63, 3.8) is 0 Å². The molecule has 1 saturated heterocycles. The van der Waals surface area contributed by atoms with Gasteiger partial charge in [0.1, 0.15) is 0 Å². The van der Waals surface area contributed by atoms with E-state index in [0.717, 1.165) is 44.3 Å². The van der Waals surface area contributed by atoms with Crippen molar-refractivity contribution >= 4 is 11.6 Å². The molecule has 1 aromatic rings. The van der Waals surface area contributed by atoms with Crippen molar-refractivity contribution in [1.29, 1.82) is 0 Å². The molecule has 2 rings (SSSR count). The Morgan fingerprint density at radius 3 is 2.86 bits per heavy atom. The fourth-order valence-corrected chi connectivity index (χ4v) is 2.77. The molecule has 1 fully saturated rings. The number of para-hydroxylation sites is 1. The highest BCUT2D eigenvalue weighted by Crippen LogP contribution is 2.20. The minimum atomic E-state index is -0.406. The molecule has 0 spiro atoms. The molecule has 122 valence electrons. The van der Waals surface area contributed by atoms with E-state index < -0.39 is 6.10 Å². The lowest BCUT2D eigenvalue weighted by Gasteiger charge is -2.30. The molecule has 1 aliphatic heterocycles. The number of carbonyl (C=O) groups excluding carboxylic acids is 1. The van der Waals surface area contributed by atoms with Crippen LogP contribution in [0.5, 0.6) is 0 Å². The molecule has 0 radical (unpaired) electrons. The van der Waals surface area contributed by atoms with E-state index in [9.17, 15) is 9.90 Å². The number of nitrogens with one attached hydrogen (secondary N) is 1. The third-order valence-corrected chi connectivity index (χ3v) is 3.99. The second kappa shape index (κ2) is 8.76. The number of hydrogen-bond acceptors (Lipinski definition) is 4. The van der Waals surface area contributed by atoms with Gasteiger partial charge in [-0.05, 0) is 44.2 Å². The number of hydrogen-bond donors (Lipinski definition) is 3. The zero-order valence-corrected chi connectivity index (χ0v) is 13.0. The predicted octanol–water partition coefficient (Wildman–Crippen LogP) is 1.86. The van der Waals surface area contributed by atoms with E-state index in [4.69, 9.17) is 5.11 Å². The highest BCUT2D eigenvalue weighted by Gasteiger charge is 2.24. The van der Waals surface area contributed by atoms with Crippen molar-refractivity contribution in [2.75, 3.05) is 31.6 Å². The van der Waals surface area contributed by atoms with Gasteiger partial charge in [0.05, 0.1) is 11.7 Å². The Kier molecular flexibility index (Phi) is 6.68. The van der Waals surface area contributed by atoms with Crippen LogP contribution in [0.25, 0.3) is 0 Å². The summed E-state index contributed by atoms with van der Waals surface area (Å²) in [5, 5.41) is 21.8. The number of likely N-dealkylation sites (tertiary alicyclic amines) is 1. The summed E-state index contributed by atoms with van der Waals surface area (Å²) in [5.41, 5.74) is 1.51. The lowest BCUT2D eigenvalue weighted by Crippen LogP contribution is -2.42. The summed E-state index contributed by atoms with van der Waals surface area (Å²) < 4.78 is 0. The first-order valence-corrected chi connectivity index (χ1v) is 8.13. The number of anilines is 1. The molecule has 0 bridgehead atoms. The Balaban J connectivity index is 1.96. The van der Waals surface area contributed by atoms with Crippen molar-refractivity contribution < 1.29 is 15.0 Å². The topological polar surface area (TPSA) is 72.8 Å². The molecule has 1 aliphatic rings. The molecule has 22 heavy (non-hydrogen) atoms. The molecule has 5 heteroatoms. The predicted molar refractivity (Wildman–Crippen MR) is 87.0 cm³/mol. The summed E-state index contributed by atoms with van der Waals surface area (Å²) in [5.74, 6) is -0.0165. The van der Waals surface area contributed by atoms with Gasteiger partial charge < -0.3 is 20.4 Å². The average molecular weight is 306 g/mol. The summed E-state index contributed by atoms with van der Waals surface area (Å²) >= 11 is 0. The molecule has 1 aromatic carbocycles. The minimum Gasteiger partial charge on any atom is -0.396 e. The Morgan fingerprint density at radius 1 is 1.27 bits per heavy atom. The molecule has 0 aromatic heterocycles. The first kappa shape index (κ1) is 16.8. The average Bonchev–Trinajstić information content (AvgIpc) is 2.54. The van der Waals surface area contributed by atoms with Crippen LogP contribution in [0.4, 0.5) is 5.69 Å². The van der Waals surface area contributed by atoms with Crippen LogP contribution in [0.15, 0.2) is 24.3 Å². The number of carbonyl (C=O) groups is 1. The SMILES string of the molecule is O=C(c1ccccc1NCCCCCO)N1CCCC(O)C1. The number of aliphatic hydroxyl groups is 2. The smallest absolute Gasteiger partial charge is 0.256 e. The van der Waals surface area contributed by atoms with Gasteiger partial charge in [-0.25, -0.2) is 0 Å². The van der Waals surface area contributed by atoms with Crippen molar-refractivity contribution in [1.82, 2.24) is 4.90 Å². The summed E-state index contributed by atoms with van der Waals surface area (Å²) in [4.78, 5) is 14.4. The zero-order chi connectivity index (χ0) is 15.8. The number of amides is 1. The lowest BCUT2D eigenvalue weighted by molar-refractivity contribution is 0.0474. The molecule has 5 nitrogen and oxygen atoms in total. The third-order valence-electron chi connectivity index (χ3n) is 3.99. The van der Waals surface area contributed by atoms with E-state index in [1.807, 2.05) is 24.3 Å². The van der Waals surface area contributed by atoms with E-state index in [2.05, 4.69) is 5.32 Å². The fourth-order valence-electron chi connectivity index (χ4n) is 2.77. The van der Waals surface area contributed by atoms with E-state index >= 15 is 0 Å². The Morgan fingerprint density at radius 2 is 2.09 bits per heavy atom. The Bertz CT molecular complexity index is 479. The molecule has 1 atom stereocenters. The van der Waals surface area contributed by atoms with Crippen LogP contribution in [0.2, 0.25) is 0 Å². The quantitative estimate of drug-likeness (QED) is 0.672. The van der Waals surface area contributed by atoms with Gasteiger partial charge in [0.15, 0.2) is 0 Å². The number of β-amino-alcohol motifs (C(OH)–C–C–N with tert-alkyl or cyclic N) is 1. The van der Waals surface area contributed by atoms with Crippen molar-refractivity contribution in [2.24, 2.45) is 0 Å². The number of rotatable bonds is 7. The minimum absolute atomic E-state index is 0.0165. The van der Waals surface area contributed by atoms with Crippen molar-refractivity contribution in [3.8, 4) is 0 Å². The second-order valence-corrected chi connectivity index (χ2v) is 5.80. The van der Waals surface area contributed by atoms with Gasteiger partial charge in [0.2, 0.25) is 0 Å². The molecule has 1 unspecified atom stereocenters. The molecule has 3 N–H and O–H groups in total. The summed E-state index contributed by atoms with van der Waals surface area (Å²) in [6, 6.07) is 7.53. The Labute approximate surface area is 131 Å². The van der Waals surface area contributed by atoms with Gasteiger partial charge in [-0.15, -0.1) is 0 Å². The number of nitrogens with zero attached hydrogens (tertiary/aromatic N) is 1. The van der Waals surface area contributed by atoms with Crippen molar-refractivity contribution in [3.05, 3.63) is 29.8 Å². The van der Waals surface area contributed by atoms with Crippen LogP contribution < -0.4 is 5.32 Å². The third kappa shape index (κ3) is 4.71. The van der Waals surface area contributed by atoms with Gasteiger partial charge in [0, 0.05) is 31.9 Å². The normalized spacial score (nSPS) is 18.3. The summed E-state index contributed by atoms with van der Waals surface area (Å²) in [7, 11) is 0. The van der Waals surface area contributed by atoms with Gasteiger partial charge in [-0.1, -0.05) is 12.1 Å². The molecule has 0 aliphatic carbocycles. The first-order valence-electron chi connectivity index (χ1n) is 8.13. The number of piperidine rings is 1. The van der Waals surface area contributed by atoms with E-state index in [0.29, 0.717) is 18.7 Å². The molecule has 0 saturated carbocycles. The van der Waals surface area contributed by atoms with Gasteiger partial charge in [-0.2, -0.15) is 0 Å². The second-order valence-electron chi connectivity index (χ2n) is 5.80. The Hall–Kier alpha value is -1.59. The van der Waals surface area contributed by atoms with Crippen LogP contribution in [0, 0.1) is 0 Å². The van der Waals surface area contributed by atoms with Crippen LogP contribution in [-0.4, -0.2) is 53.4 Å². The van der Waals surface area contributed by atoms with Crippen molar-refractivity contribution in [2.45, 2.75) is 38.2 Å². The van der Waals surface area contributed by atoms with Gasteiger partial charge in [-0.3, -0.25) is 4.79 Å². The largest absolute Gasteiger partial charge is 0.396 e. The molecule has 1 heterocycles. The lowest BCUT2D eigenvalue weighted by atomic mass is 10.1. The maximum Gasteiger partial charge on any atom is 0.256 e. The molecule has 1 amide bonds.